The van der Waals surface area contributed by atoms with Crippen molar-refractivity contribution in [1.29, 1.82) is 0 Å². The van der Waals surface area contributed by atoms with Crippen LogP contribution in [-0.2, 0) is 37.5 Å². The van der Waals surface area contributed by atoms with Crippen LogP contribution in [0.25, 0.3) is 0 Å². The van der Waals surface area contributed by atoms with E-state index in [9.17, 15) is 9.59 Å². The molecule has 1 aromatic carbocycles. The SMILES string of the molecule is O=C(C[S-])NCCNCCNC(=O)c1ccccc1.[Ir]. The second-order valence-electron chi connectivity index (χ2n) is 3.87. The van der Waals surface area contributed by atoms with Gasteiger partial charge in [-0.25, -0.2) is 0 Å². The second-order valence-corrected chi connectivity index (χ2v) is 4.15. The fourth-order valence-electron chi connectivity index (χ4n) is 1.42. The second kappa shape index (κ2) is 11.9. The fourth-order valence-corrected chi connectivity index (χ4v) is 1.52. The van der Waals surface area contributed by atoms with Crippen molar-refractivity contribution in [2.24, 2.45) is 0 Å². The Morgan fingerprint density at radius 3 is 2.15 bits per heavy atom. The van der Waals surface area contributed by atoms with Gasteiger partial charge in [-0.15, -0.1) is 0 Å². The first-order chi connectivity index (χ1) is 9.24. The summed E-state index contributed by atoms with van der Waals surface area (Å²) in [5.41, 5.74) is 0.653. The number of rotatable bonds is 8. The summed E-state index contributed by atoms with van der Waals surface area (Å²) < 4.78 is 0. The van der Waals surface area contributed by atoms with Crippen molar-refractivity contribution in [3.63, 3.8) is 0 Å². The summed E-state index contributed by atoms with van der Waals surface area (Å²) in [7, 11) is 0. The molecular formula is C13H18IrN3O2S-. The van der Waals surface area contributed by atoms with E-state index in [-0.39, 0.29) is 37.7 Å². The molecule has 0 saturated heterocycles. The summed E-state index contributed by atoms with van der Waals surface area (Å²) >= 11 is 4.59. The van der Waals surface area contributed by atoms with E-state index in [4.69, 9.17) is 0 Å². The Morgan fingerprint density at radius 2 is 1.55 bits per heavy atom. The van der Waals surface area contributed by atoms with Crippen molar-refractivity contribution >= 4 is 24.4 Å². The van der Waals surface area contributed by atoms with Crippen LogP contribution in [-0.4, -0.2) is 43.7 Å². The molecule has 2 amide bonds. The predicted octanol–water partition coefficient (Wildman–Crippen LogP) is -0.333. The van der Waals surface area contributed by atoms with Gasteiger partial charge in [0.1, 0.15) is 0 Å². The Kier molecular flexibility index (Phi) is 11.4. The molecule has 0 aliphatic carbocycles. The van der Waals surface area contributed by atoms with Gasteiger partial charge in [0.05, 0.1) is 0 Å². The minimum atomic E-state index is -0.130. The molecule has 0 aliphatic rings. The number of carbonyl (C=O) groups is 2. The van der Waals surface area contributed by atoms with Crippen LogP contribution in [0.4, 0.5) is 0 Å². The predicted molar refractivity (Wildman–Crippen MR) is 76.9 cm³/mol. The van der Waals surface area contributed by atoms with Crippen LogP contribution in [0.3, 0.4) is 0 Å². The van der Waals surface area contributed by atoms with Crippen LogP contribution in [0.2, 0.25) is 0 Å². The summed E-state index contributed by atoms with van der Waals surface area (Å²) in [5, 5.41) is 8.58. The molecule has 1 rings (SSSR count). The average molecular weight is 473 g/mol. The molecule has 20 heavy (non-hydrogen) atoms. The van der Waals surface area contributed by atoms with Crippen LogP contribution in [0.1, 0.15) is 10.4 Å². The first kappa shape index (κ1) is 19.1. The smallest absolute Gasteiger partial charge is 0.251 e. The van der Waals surface area contributed by atoms with Crippen molar-refractivity contribution in [2.45, 2.75) is 0 Å². The van der Waals surface area contributed by atoms with Crippen LogP contribution in [0.5, 0.6) is 0 Å². The van der Waals surface area contributed by atoms with Gasteiger partial charge in [0, 0.05) is 51.8 Å². The van der Waals surface area contributed by atoms with Gasteiger partial charge in [-0.05, 0) is 12.1 Å². The Morgan fingerprint density at radius 1 is 0.950 bits per heavy atom. The number of amides is 2. The van der Waals surface area contributed by atoms with Crippen LogP contribution < -0.4 is 16.0 Å². The Balaban J connectivity index is 0.00000361. The largest absolute Gasteiger partial charge is 0.783 e. The van der Waals surface area contributed by atoms with Crippen LogP contribution in [0, 0.1) is 0 Å². The van der Waals surface area contributed by atoms with Crippen molar-refractivity contribution < 1.29 is 29.7 Å². The number of hydrogen-bond donors (Lipinski definition) is 3. The number of benzene rings is 1. The van der Waals surface area contributed by atoms with Crippen LogP contribution >= 0.6 is 0 Å². The van der Waals surface area contributed by atoms with Gasteiger partial charge in [0.15, 0.2) is 5.91 Å². The van der Waals surface area contributed by atoms with Gasteiger partial charge in [0.2, 0.25) is 0 Å². The third kappa shape index (κ3) is 8.32. The topological polar surface area (TPSA) is 70.2 Å². The van der Waals surface area contributed by atoms with Gasteiger partial charge in [0.25, 0.3) is 5.91 Å². The molecule has 0 saturated carbocycles. The maximum atomic E-state index is 11.7. The van der Waals surface area contributed by atoms with E-state index >= 15 is 0 Å². The van der Waals surface area contributed by atoms with Crippen molar-refractivity contribution in [3.05, 3.63) is 35.9 Å². The summed E-state index contributed by atoms with van der Waals surface area (Å²) in [4.78, 5) is 22.5. The van der Waals surface area contributed by atoms with E-state index in [2.05, 4.69) is 28.6 Å². The van der Waals surface area contributed by atoms with Gasteiger partial charge >= 0.3 is 0 Å². The molecule has 0 heterocycles. The molecule has 3 N–H and O–H groups in total. The molecule has 0 bridgehead atoms. The molecule has 0 unspecified atom stereocenters. The van der Waals surface area contributed by atoms with E-state index in [0.717, 1.165) is 0 Å². The zero-order valence-electron chi connectivity index (χ0n) is 11.0. The molecule has 0 spiro atoms. The van der Waals surface area contributed by atoms with E-state index in [1.165, 1.54) is 0 Å². The van der Waals surface area contributed by atoms with Gasteiger partial charge in [-0.3, -0.25) is 9.59 Å². The zero-order valence-corrected chi connectivity index (χ0v) is 14.2. The molecule has 1 aromatic rings. The van der Waals surface area contributed by atoms with Crippen molar-refractivity contribution in [3.8, 4) is 0 Å². The Hall–Kier alpha value is -0.881. The normalized spacial score (nSPS) is 9.45. The first-order valence-corrected chi connectivity index (χ1v) is 6.70. The van der Waals surface area contributed by atoms with Crippen molar-refractivity contribution in [1.82, 2.24) is 16.0 Å². The van der Waals surface area contributed by atoms with E-state index < -0.39 is 0 Å². The van der Waals surface area contributed by atoms with E-state index in [1.54, 1.807) is 12.1 Å². The number of nitrogens with one attached hydrogen (secondary N) is 3. The minimum absolute atomic E-state index is 0. The first-order valence-electron chi connectivity index (χ1n) is 6.13. The molecule has 0 fully saturated rings. The molecule has 0 aromatic heterocycles. The number of hydrogen-bond acceptors (Lipinski definition) is 4. The quantitative estimate of drug-likeness (QED) is 0.358. The van der Waals surface area contributed by atoms with Gasteiger partial charge < -0.3 is 28.6 Å². The van der Waals surface area contributed by atoms with E-state index in [0.29, 0.717) is 31.7 Å². The Labute approximate surface area is 138 Å². The van der Waals surface area contributed by atoms with Crippen LogP contribution in [0.15, 0.2) is 30.3 Å². The summed E-state index contributed by atoms with van der Waals surface area (Å²) in [5.74, 6) is -0.122. The number of carbonyl (C=O) groups excluding carboxylic acids is 2. The minimum Gasteiger partial charge on any atom is -0.783 e. The third-order valence-electron chi connectivity index (χ3n) is 2.38. The average Bonchev–Trinajstić information content (AvgIpc) is 2.46. The fraction of sp³-hybridized carbons (Fsp3) is 0.385. The molecule has 5 nitrogen and oxygen atoms in total. The standard InChI is InChI=1S/C13H19N3O2S.Ir/c17-12(10-19)15-8-6-14-7-9-16-13(18)11-4-2-1-3-5-11;/h1-5,14,19H,6-10H2,(H,15,17)(H,16,18);/p-1. The van der Waals surface area contributed by atoms with Gasteiger partial charge in [-0.1, -0.05) is 24.0 Å². The summed E-state index contributed by atoms with van der Waals surface area (Å²) in [6.45, 7) is 2.40. The maximum Gasteiger partial charge on any atom is 0.251 e. The molecule has 1 radical (unpaired) electrons. The summed E-state index contributed by atoms with van der Waals surface area (Å²) in [6.07, 6.45) is 0. The Bertz CT molecular complexity index is 404. The molecular weight excluding hydrogens is 454 g/mol. The monoisotopic (exact) mass is 473 g/mol. The third-order valence-corrected chi connectivity index (χ3v) is 2.64. The zero-order chi connectivity index (χ0) is 13.9. The summed E-state index contributed by atoms with van der Waals surface area (Å²) in [6, 6.07) is 9.07. The molecule has 7 heteroatoms. The molecule has 0 atom stereocenters. The molecule has 0 aliphatic heterocycles. The van der Waals surface area contributed by atoms with E-state index in [1.807, 2.05) is 18.2 Å². The van der Waals surface area contributed by atoms with Crippen molar-refractivity contribution in [2.75, 3.05) is 31.9 Å². The maximum absolute atomic E-state index is 11.7. The molecule has 113 valence electrons. The van der Waals surface area contributed by atoms with Gasteiger partial charge in [-0.2, -0.15) is 0 Å².